The molecule has 0 fully saturated rings. The second-order valence-electron chi connectivity index (χ2n) is 5.08. The summed E-state index contributed by atoms with van der Waals surface area (Å²) in [5.41, 5.74) is 1.99. The van der Waals surface area contributed by atoms with E-state index >= 15 is 0 Å². The van der Waals surface area contributed by atoms with Gasteiger partial charge >= 0.3 is 0 Å². The number of Topliss-reactive ketones (excluding diaryl/α,β-unsaturated/α-hetero) is 1. The molecule has 1 aromatic heterocycles. The predicted molar refractivity (Wildman–Crippen MR) is 80.9 cm³/mol. The molecule has 0 N–H and O–H groups in total. The fourth-order valence-corrected chi connectivity index (χ4v) is 2.74. The van der Waals surface area contributed by atoms with E-state index < -0.39 is 0 Å². The average molecular weight is 270 g/mol. The number of rotatable bonds is 1. The third kappa shape index (κ3) is 2.82. The molecule has 0 saturated heterocycles. The number of benzene rings is 1. The van der Waals surface area contributed by atoms with Crippen LogP contribution in [0.5, 0.6) is 0 Å². The number of carbonyl (C=O) groups excluding carboxylic acids is 1. The predicted octanol–water partition coefficient (Wildman–Crippen LogP) is 4.11. The van der Waals surface area contributed by atoms with Crippen LogP contribution < -0.4 is 0 Å². The minimum absolute atomic E-state index is 0.207. The summed E-state index contributed by atoms with van der Waals surface area (Å²) >= 11 is 0. The highest BCUT2D eigenvalue weighted by Gasteiger charge is 2.27. The van der Waals surface area contributed by atoms with E-state index in [0.717, 1.165) is 12.1 Å². The summed E-state index contributed by atoms with van der Waals surface area (Å²) in [4.78, 5) is 16.2. The molecule has 106 valence electrons. The van der Waals surface area contributed by atoms with E-state index in [-0.39, 0.29) is 11.8 Å². The minimum Gasteiger partial charge on any atom is -0.321 e. The van der Waals surface area contributed by atoms with Crippen molar-refractivity contribution in [2.45, 2.75) is 39.7 Å². The smallest absolute Gasteiger partial charge is 0.181 e. The normalized spacial score (nSPS) is 21.4. The van der Waals surface area contributed by atoms with E-state index in [1.165, 1.54) is 5.56 Å². The molecule has 2 aromatic rings. The molecule has 2 heterocycles. The van der Waals surface area contributed by atoms with Crippen LogP contribution in [0.1, 0.15) is 55.7 Å². The van der Waals surface area contributed by atoms with E-state index in [2.05, 4.69) is 24.0 Å². The number of ketones is 1. The van der Waals surface area contributed by atoms with E-state index in [4.69, 9.17) is 0 Å². The maximum Gasteiger partial charge on any atom is 0.181 e. The summed E-state index contributed by atoms with van der Waals surface area (Å²) in [6.07, 6.45) is 5.08. The molecule has 0 spiro atoms. The lowest BCUT2D eigenvalue weighted by atomic mass is 9.94. The van der Waals surface area contributed by atoms with Crippen molar-refractivity contribution in [3.63, 3.8) is 0 Å². The highest BCUT2D eigenvalue weighted by Crippen LogP contribution is 2.32. The molecule has 3 heteroatoms. The van der Waals surface area contributed by atoms with Crippen molar-refractivity contribution in [1.82, 2.24) is 9.55 Å². The molecule has 1 aliphatic heterocycles. The van der Waals surface area contributed by atoms with Crippen LogP contribution in [0, 0.1) is 5.92 Å². The van der Waals surface area contributed by atoms with Crippen LogP contribution in [-0.4, -0.2) is 15.3 Å². The molecule has 0 bridgehead atoms. The number of aromatic nitrogens is 2. The standard InChI is InChI=1S/C15H16N2O.C2H6/c1-11-7-13(12-5-3-2-4-6-12)17-10-16-9-14(17)15(18)8-11;1-2/h2-6,9-11,13H,7-8H2,1H3;1-2H3. The molecule has 3 nitrogen and oxygen atoms in total. The van der Waals surface area contributed by atoms with Crippen LogP contribution in [0.3, 0.4) is 0 Å². The van der Waals surface area contributed by atoms with E-state index in [1.54, 1.807) is 12.5 Å². The van der Waals surface area contributed by atoms with Crippen LogP contribution >= 0.6 is 0 Å². The number of imidazole rings is 1. The quantitative estimate of drug-likeness (QED) is 0.781. The second-order valence-corrected chi connectivity index (χ2v) is 5.08. The van der Waals surface area contributed by atoms with Gasteiger partial charge in [-0.3, -0.25) is 4.79 Å². The molecule has 0 amide bonds. The maximum atomic E-state index is 12.1. The first-order valence-electron chi connectivity index (χ1n) is 7.35. The first kappa shape index (κ1) is 14.5. The summed E-state index contributed by atoms with van der Waals surface area (Å²) in [5, 5.41) is 0. The molecule has 0 saturated carbocycles. The van der Waals surface area contributed by atoms with E-state index in [9.17, 15) is 4.79 Å². The van der Waals surface area contributed by atoms with Gasteiger partial charge in [0.15, 0.2) is 5.78 Å². The molecule has 3 rings (SSSR count). The summed E-state index contributed by atoms with van der Waals surface area (Å²) in [7, 11) is 0. The van der Waals surface area contributed by atoms with Gasteiger partial charge in [-0.25, -0.2) is 4.98 Å². The second kappa shape index (κ2) is 6.51. The highest BCUT2D eigenvalue weighted by molar-refractivity contribution is 5.94. The lowest BCUT2D eigenvalue weighted by molar-refractivity contribution is 0.0963. The van der Waals surface area contributed by atoms with Gasteiger partial charge in [-0.05, 0) is 17.9 Å². The van der Waals surface area contributed by atoms with Crippen LogP contribution in [0.2, 0.25) is 0 Å². The summed E-state index contributed by atoms with van der Waals surface area (Å²) < 4.78 is 2.03. The number of hydrogen-bond donors (Lipinski definition) is 0. The highest BCUT2D eigenvalue weighted by atomic mass is 16.1. The number of fused-ring (bicyclic) bond motifs is 1. The van der Waals surface area contributed by atoms with Crippen molar-refractivity contribution in [3.05, 3.63) is 54.1 Å². The number of nitrogens with zero attached hydrogens (tertiary/aromatic N) is 2. The van der Waals surface area contributed by atoms with Gasteiger partial charge < -0.3 is 4.57 Å². The third-order valence-electron chi connectivity index (χ3n) is 3.63. The van der Waals surface area contributed by atoms with Gasteiger partial charge in [-0.2, -0.15) is 0 Å². The van der Waals surface area contributed by atoms with Gasteiger partial charge in [-0.15, -0.1) is 0 Å². The SMILES string of the molecule is CC.CC1CC(=O)c2cncn2C(c2ccccc2)C1. The van der Waals surface area contributed by atoms with Crippen molar-refractivity contribution < 1.29 is 4.79 Å². The fraction of sp³-hybridized carbons (Fsp3) is 0.412. The van der Waals surface area contributed by atoms with Gasteiger partial charge in [0.1, 0.15) is 5.69 Å². The van der Waals surface area contributed by atoms with Crippen LogP contribution in [0.15, 0.2) is 42.9 Å². The van der Waals surface area contributed by atoms with Crippen LogP contribution in [-0.2, 0) is 0 Å². The molecule has 0 aliphatic carbocycles. The topological polar surface area (TPSA) is 34.9 Å². The van der Waals surface area contributed by atoms with Crippen molar-refractivity contribution in [1.29, 1.82) is 0 Å². The van der Waals surface area contributed by atoms with Crippen molar-refractivity contribution in [3.8, 4) is 0 Å². The summed E-state index contributed by atoms with van der Waals surface area (Å²) in [6.45, 7) is 6.15. The van der Waals surface area contributed by atoms with Gasteiger partial charge in [0.2, 0.25) is 0 Å². The van der Waals surface area contributed by atoms with Crippen molar-refractivity contribution in [2.75, 3.05) is 0 Å². The maximum absolute atomic E-state index is 12.1. The molecule has 0 radical (unpaired) electrons. The third-order valence-corrected chi connectivity index (χ3v) is 3.63. The van der Waals surface area contributed by atoms with Crippen LogP contribution in [0.25, 0.3) is 0 Å². The number of hydrogen-bond acceptors (Lipinski definition) is 2. The zero-order valence-electron chi connectivity index (χ0n) is 12.4. The van der Waals surface area contributed by atoms with E-state index in [0.29, 0.717) is 12.3 Å². The Morgan fingerprint density at radius 1 is 1.20 bits per heavy atom. The molecular weight excluding hydrogens is 248 g/mol. The molecule has 1 aliphatic rings. The molecular formula is C17H22N2O. The summed E-state index contributed by atoms with van der Waals surface area (Å²) in [6, 6.07) is 10.6. The Morgan fingerprint density at radius 3 is 2.60 bits per heavy atom. The Kier molecular flexibility index (Phi) is 4.72. The Balaban J connectivity index is 0.000000704. The monoisotopic (exact) mass is 270 g/mol. The largest absolute Gasteiger partial charge is 0.321 e. The van der Waals surface area contributed by atoms with Crippen molar-refractivity contribution in [2.24, 2.45) is 5.92 Å². The van der Waals surface area contributed by atoms with Gasteiger partial charge in [0.25, 0.3) is 0 Å². The molecule has 2 atom stereocenters. The number of carbonyl (C=O) groups is 1. The van der Waals surface area contributed by atoms with Gasteiger partial charge in [0.05, 0.1) is 18.6 Å². The van der Waals surface area contributed by atoms with Crippen molar-refractivity contribution >= 4 is 5.78 Å². The lowest BCUT2D eigenvalue weighted by Crippen LogP contribution is -2.12. The Bertz CT molecular complexity index is 559. The zero-order valence-corrected chi connectivity index (χ0v) is 12.4. The van der Waals surface area contributed by atoms with E-state index in [1.807, 2.05) is 36.6 Å². The first-order valence-corrected chi connectivity index (χ1v) is 7.35. The van der Waals surface area contributed by atoms with Crippen LogP contribution in [0.4, 0.5) is 0 Å². The molecule has 1 aromatic carbocycles. The Labute approximate surface area is 120 Å². The minimum atomic E-state index is 0.207. The average Bonchev–Trinajstić information content (AvgIpc) is 2.93. The molecule has 20 heavy (non-hydrogen) atoms. The molecule has 2 unspecified atom stereocenters. The lowest BCUT2D eigenvalue weighted by Gasteiger charge is -2.20. The fourth-order valence-electron chi connectivity index (χ4n) is 2.74. The van der Waals surface area contributed by atoms with Gasteiger partial charge in [0, 0.05) is 6.42 Å². The summed E-state index contributed by atoms with van der Waals surface area (Å²) in [5.74, 6) is 0.612. The first-order chi connectivity index (χ1) is 9.75. The van der Waals surface area contributed by atoms with Gasteiger partial charge in [-0.1, -0.05) is 51.1 Å². The zero-order chi connectivity index (χ0) is 14.5. The Morgan fingerprint density at radius 2 is 1.90 bits per heavy atom. The Hall–Kier alpha value is -1.90.